The number of benzene rings is 1. The molecule has 0 aliphatic carbocycles. The highest BCUT2D eigenvalue weighted by Crippen LogP contribution is 2.23. The summed E-state index contributed by atoms with van der Waals surface area (Å²) in [4.78, 5) is 13.6. The number of aromatic nitrogens is 1. The number of hydrogen-bond acceptors (Lipinski definition) is 5. The van der Waals surface area contributed by atoms with Gasteiger partial charge in [0, 0.05) is 12.1 Å². The Morgan fingerprint density at radius 2 is 1.95 bits per heavy atom. The average Bonchev–Trinajstić information content (AvgIpc) is 2.41. The Hall–Kier alpha value is -3.01. The summed E-state index contributed by atoms with van der Waals surface area (Å²) in [6.45, 7) is 0. The van der Waals surface area contributed by atoms with Crippen LogP contribution in [0.4, 0.5) is 10.1 Å². The van der Waals surface area contributed by atoms with Crippen molar-refractivity contribution in [3.05, 3.63) is 58.0 Å². The summed E-state index contributed by atoms with van der Waals surface area (Å²) in [5.41, 5.74) is -0.737. The molecule has 6 nitrogen and oxygen atoms in total. The molecule has 0 amide bonds. The number of hydrogen-bond donors (Lipinski definition) is 0. The van der Waals surface area contributed by atoms with Gasteiger partial charge in [-0.05, 0) is 24.3 Å². The van der Waals surface area contributed by atoms with Crippen molar-refractivity contribution in [3.63, 3.8) is 0 Å². The van der Waals surface area contributed by atoms with Crippen molar-refractivity contribution in [2.75, 3.05) is 0 Å². The van der Waals surface area contributed by atoms with Gasteiger partial charge >= 0.3 is 5.69 Å². The number of rotatable bonds is 3. The van der Waals surface area contributed by atoms with E-state index in [0.717, 1.165) is 6.07 Å². The molecule has 1 aromatic carbocycles. The first-order valence-electron chi connectivity index (χ1n) is 5.09. The van der Waals surface area contributed by atoms with Gasteiger partial charge in [0.25, 0.3) is 0 Å². The van der Waals surface area contributed by atoms with Gasteiger partial charge in [-0.1, -0.05) is 0 Å². The zero-order valence-corrected chi connectivity index (χ0v) is 9.41. The minimum Gasteiger partial charge on any atom is -0.439 e. The number of nitro groups is 1. The Kier molecular flexibility index (Phi) is 3.34. The van der Waals surface area contributed by atoms with Gasteiger partial charge in [-0.3, -0.25) is 10.1 Å². The van der Waals surface area contributed by atoms with Crippen LogP contribution in [-0.2, 0) is 0 Å². The molecule has 0 radical (unpaired) electrons. The van der Waals surface area contributed by atoms with Crippen molar-refractivity contribution in [3.8, 4) is 17.7 Å². The summed E-state index contributed by atoms with van der Waals surface area (Å²) in [5.74, 6) is -0.0814. The van der Waals surface area contributed by atoms with Gasteiger partial charge in [0.15, 0.2) is 0 Å². The van der Waals surface area contributed by atoms with E-state index in [1.165, 1.54) is 30.3 Å². The molecule has 1 heterocycles. The summed E-state index contributed by atoms with van der Waals surface area (Å²) < 4.78 is 18.0. The molecule has 1 aromatic heterocycles. The van der Waals surface area contributed by atoms with E-state index in [0.29, 0.717) is 5.75 Å². The number of pyridine rings is 1. The predicted octanol–water partition coefficient (Wildman–Crippen LogP) is 2.79. The van der Waals surface area contributed by atoms with Crippen LogP contribution in [0, 0.1) is 27.3 Å². The van der Waals surface area contributed by atoms with Crippen LogP contribution in [0.1, 0.15) is 5.69 Å². The number of nitriles is 1. The lowest BCUT2D eigenvalue weighted by Crippen LogP contribution is -1.97. The van der Waals surface area contributed by atoms with E-state index in [1.807, 2.05) is 0 Å². The van der Waals surface area contributed by atoms with Crippen LogP contribution in [0.5, 0.6) is 11.6 Å². The highest BCUT2D eigenvalue weighted by molar-refractivity contribution is 5.45. The highest BCUT2D eigenvalue weighted by atomic mass is 19.1. The van der Waals surface area contributed by atoms with Gasteiger partial charge < -0.3 is 4.74 Å². The van der Waals surface area contributed by atoms with E-state index in [4.69, 9.17) is 10.00 Å². The first-order chi connectivity index (χ1) is 9.10. The molecule has 0 spiro atoms. The minimum absolute atomic E-state index is 0.0220. The lowest BCUT2D eigenvalue weighted by atomic mass is 10.3. The van der Waals surface area contributed by atoms with Gasteiger partial charge in [-0.2, -0.15) is 10.2 Å². The summed E-state index contributed by atoms with van der Waals surface area (Å²) in [6.07, 6.45) is 0. The standard InChI is InChI=1S/C12H6FN3O3/c13-8-1-3-9(4-2-8)19-12-6-5-11(16(17)18)10(7-14)15-12/h1-6H. The van der Waals surface area contributed by atoms with E-state index in [-0.39, 0.29) is 11.6 Å². The van der Waals surface area contributed by atoms with Crippen molar-refractivity contribution in [1.29, 1.82) is 5.26 Å². The zero-order valence-electron chi connectivity index (χ0n) is 9.41. The molecule has 0 bridgehead atoms. The summed E-state index contributed by atoms with van der Waals surface area (Å²) >= 11 is 0. The molecule has 0 saturated carbocycles. The van der Waals surface area contributed by atoms with E-state index in [2.05, 4.69) is 4.98 Å². The Morgan fingerprint density at radius 3 is 2.53 bits per heavy atom. The average molecular weight is 259 g/mol. The molecular weight excluding hydrogens is 253 g/mol. The monoisotopic (exact) mass is 259 g/mol. The fourth-order valence-electron chi connectivity index (χ4n) is 1.34. The van der Waals surface area contributed by atoms with Crippen LogP contribution in [0.15, 0.2) is 36.4 Å². The van der Waals surface area contributed by atoms with Crippen LogP contribution in [0.3, 0.4) is 0 Å². The van der Waals surface area contributed by atoms with Crippen LogP contribution >= 0.6 is 0 Å². The fourth-order valence-corrected chi connectivity index (χ4v) is 1.34. The number of nitrogens with zero attached hydrogens (tertiary/aromatic N) is 3. The van der Waals surface area contributed by atoms with E-state index in [1.54, 1.807) is 6.07 Å². The van der Waals surface area contributed by atoms with Gasteiger partial charge in [0.05, 0.1) is 4.92 Å². The van der Waals surface area contributed by atoms with Gasteiger partial charge in [-0.25, -0.2) is 4.39 Å². The third-order valence-corrected chi connectivity index (χ3v) is 2.19. The first kappa shape index (κ1) is 12.4. The molecule has 0 atom stereocenters. The van der Waals surface area contributed by atoms with Crippen LogP contribution in [-0.4, -0.2) is 9.91 Å². The van der Waals surface area contributed by atoms with E-state index in [9.17, 15) is 14.5 Å². The quantitative estimate of drug-likeness (QED) is 0.624. The Morgan fingerprint density at radius 1 is 1.26 bits per heavy atom. The van der Waals surface area contributed by atoms with Crippen LogP contribution in [0.25, 0.3) is 0 Å². The van der Waals surface area contributed by atoms with Crippen LogP contribution in [0.2, 0.25) is 0 Å². The smallest absolute Gasteiger partial charge is 0.305 e. The molecule has 94 valence electrons. The van der Waals surface area contributed by atoms with Crippen molar-refractivity contribution in [2.24, 2.45) is 0 Å². The second-order valence-corrected chi connectivity index (χ2v) is 3.44. The Labute approximate surface area is 106 Å². The van der Waals surface area contributed by atoms with Crippen molar-refractivity contribution in [2.45, 2.75) is 0 Å². The van der Waals surface area contributed by atoms with Crippen molar-refractivity contribution < 1.29 is 14.1 Å². The predicted molar refractivity (Wildman–Crippen MR) is 62.1 cm³/mol. The normalized spacial score (nSPS) is 9.68. The van der Waals surface area contributed by atoms with E-state index >= 15 is 0 Å². The first-order valence-corrected chi connectivity index (χ1v) is 5.09. The molecule has 2 rings (SSSR count). The number of halogens is 1. The maximum absolute atomic E-state index is 12.7. The maximum atomic E-state index is 12.7. The molecule has 19 heavy (non-hydrogen) atoms. The van der Waals surface area contributed by atoms with Gasteiger partial charge in [-0.15, -0.1) is 0 Å². The van der Waals surface area contributed by atoms with Crippen molar-refractivity contribution in [1.82, 2.24) is 4.98 Å². The Bertz CT molecular complexity index is 665. The lowest BCUT2D eigenvalue weighted by Gasteiger charge is -2.04. The maximum Gasteiger partial charge on any atom is 0.305 e. The third-order valence-electron chi connectivity index (χ3n) is 2.19. The highest BCUT2D eigenvalue weighted by Gasteiger charge is 2.16. The molecule has 0 unspecified atom stereocenters. The molecular formula is C12H6FN3O3. The topological polar surface area (TPSA) is 89.0 Å². The number of ether oxygens (including phenoxy) is 1. The second kappa shape index (κ2) is 5.10. The molecule has 0 saturated heterocycles. The summed E-state index contributed by atoms with van der Waals surface area (Å²) in [7, 11) is 0. The molecule has 2 aromatic rings. The molecule has 0 fully saturated rings. The van der Waals surface area contributed by atoms with Crippen molar-refractivity contribution >= 4 is 5.69 Å². The van der Waals surface area contributed by atoms with Crippen LogP contribution < -0.4 is 4.74 Å². The zero-order chi connectivity index (χ0) is 13.8. The molecule has 0 aliphatic rings. The van der Waals surface area contributed by atoms with Gasteiger partial charge in [0.1, 0.15) is 17.6 Å². The van der Waals surface area contributed by atoms with E-state index < -0.39 is 16.4 Å². The molecule has 0 N–H and O–H groups in total. The second-order valence-electron chi connectivity index (χ2n) is 3.44. The summed E-state index contributed by atoms with van der Waals surface area (Å²) in [5, 5.41) is 19.4. The molecule has 7 heteroatoms. The fraction of sp³-hybridized carbons (Fsp3) is 0. The largest absolute Gasteiger partial charge is 0.439 e. The SMILES string of the molecule is N#Cc1nc(Oc2ccc(F)cc2)ccc1[N+](=O)[O-]. The lowest BCUT2D eigenvalue weighted by molar-refractivity contribution is -0.385. The molecule has 0 aliphatic heterocycles. The van der Waals surface area contributed by atoms with Gasteiger partial charge in [0.2, 0.25) is 11.6 Å². The third kappa shape index (κ3) is 2.81. The Balaban J connectivity index is 2.29. The summed E-state index contributed by atoms with van der Waals surface area (Å²) in [6, 6.07) is 9.17. The minimum atomic E-state index is -0.701.